The normalized spacial score (nSPS) is 8.00. The van der Waals surface area contributed by atoms with Crippen molar-refractivity contribution in [3.8, 4) is 0 Å². The van der Waals surface area contributed by atoms with Crippen LogP contribution in [0.3, 0.4) is 0 Å². The number of hydrogen-bond acceptors (Lipinski definition) is 1. The smallest absolute Gasteiger partial charge is 0 e. The molecule has 4 heteroatoms. The van der Waals surface area contributed by atoms with Gasteiger partial charge >= 0.3 is 0 Å². The summed E-state index contributed by atoms with van der Waals surface area (Å²) in [6.07, 6.45) is 0. The summed E-state index contributed by atoms with van der Waals surface area (Å²) >= 11 is 0. The fourth-order valence-corrected chi connectivity index (χ4v) is 0. The van der Waals surface area contributed by atoms with Gasteiger partial charge < -0.3 is 31.3 Å². The Balaban J connectivity index is -0.0000000417. The summed E-state index contributed by atoms with van der Waals surface area (Å²) in [7, 11) is 0. The summed E-state index contributed by atoms with van der Waals surface area (Å²) < 4.78 is 0. The summed E-state index contributed by atoms with van der Waals surface area (Å²) in [5.74, 6) is 0. The van der Waals surface area contributed by atoms with Gasteiger partial charge in [0.15, 0.2) is 0 Å². The fraction of sp³-hybridized carbons (Fsp3) is 0.400. The third-order valence-corrected chi connectivity index (χ3v) is 0.335. The number of aliphatic hydroxyl groups is 1. The Morgan fingerprint density at radius 3 is 1.11 bits per heavy atom. The van der Waals surface area contributed by atoms with Crippen molar-refractivity contribution in [3.05, 3.63) is 20.8 Å². The SMILES string of the molecule is [CH2-]C([CH2-])([CH2-])CO.[Y].[Y].[Y]. The molecule has 0 atom stereocenters. The molecule has 0 heterocycles. The van der Waals surface area contributed by atoms with Gasteiger partial charge in [0, 0.05) is 98.1 Å². The van der Waals surface area contributed by atoms with Crippen LogP contribution in [0.4, 0.5) is 0 Å². The maximum Gasteiger partial charge on any atom is 0 e. The summed E-state index contributed by atoms with van der Waals surface area (Å²) in [6.45, 7) is 10.2. The number of aliphatic hydroxyl groups excluding tert-OH is 1. The van der Waals surface area contributed by atoms with Gasteiger partial charge in [0.1, 0.15) is 0 Å². The summed E-state index contributed by atoms with van der Waals surface area (Å²) in [6, 6.07) is 0. The Bertz CT molecular complexity index is 42.0. The monoisotopic (exact) mass is 352 g/mol. The molecule has 0 aliphatic rings. The van der Waals surface area contributed by atoms with Gasteiger partial charge in [-0.3, -0.25) is 0 Å². The van der Waals surface area contributed by atoms with E-state index in [0.29, 0.717) is 0 Å². The van der Waals surface area contributed by atoms with Crippen LogP contribution in [0, 0.1) is 26.2 Å². The Morgan fingerprint density at radius 2 is 1.11 bits per heavy atom. The summed E-state index contributed by atoms with van der Waals surface area (Å²) in [5.41, 5.74) is -0.653. The molecule has 9 heavy (non-hydrogen) atoms. The van der Waals surface area contributed by atoms with Crippen LogP contribution in [0.25, 0.3) is 0 Å². The van der Waals surface area contributed by atoms with E-state index in [4.69, 9.17) is 5.11 Å². The van der Waals surface area contributed by atoms with E-state index in [1.54, 1.807) is 0 Å². The molecular weight excluding hydrogens is 343 g/mol. The molecule has 0 saturated heterocycles. The van der Waals surface area contributed by atoms with Gasteiger partial charge in [0.2, 0.25) is 0 Å². The zero-order valence-corrected chi connectivity index (χ0v) is 14.0. The van der Waals surface area contributed by atoms with Gasteiger partial charge in [0.25, 0.3) is 0 Å². The largest absolute Gasteiger partial charge is 0.410 e. The predicted octanol–water partition coefficient (Wildman–Crippen LogP) is 0.460. The average Bonchev–Trinajstić information content (AvgIpc) is 1.35. The van der Waals surface area contributed by atoms with E-state index < -0.39 is 5.41 Å². The first-order valence-electron chi connectivity index (χ1n) is 1.73. The average molecular weight is 352 g/mol. The van der Waals surface area contributed by atoms with Gasteiger partial charge in [-0.2, -0.15) is 0 Å². The molecule has 1 nitrogen and oxygen atoms in total. The molecule has 0 aromatic carbocycles. The van der Waals surface area contributed by atoms with E-state index >= 15 is 0 Å². The van der Waals surface area contributed by atoms with Crippen LogP contribution in [0.2, 0.25) is 0 Å². The molecule has 47 valence electrons. The molecule has 0 amide bonds. The summed E-state index contributed by atoms with van der Waals surface area (Å²) in [4.78, 5) is 0. The quantitative estimate of drug-likeness (QED) is 0.681. The molecule has 0 spiro atoms. The summed E-state index contributed by atoms with van der Waals surface area (Å²) in [5, 5.41) is 8.22. The van der Waals surface area contributed by atoms with Crippen LogP contribution in [0.1, 0.15) is 0 Å². The first-order chi connectivity index (χ1) is 2.56. The molecule has 0 fully saturated rings. The van der Waals surface area contributed by atoms with Crippen LogP contribution < -0.4 is 0 Å². The minimum atomic E-state index is -0.653. The van der Waals surface area contributed by atoms with Crippen LogP contribution in [-0.4, -0.2) is 11.7 Å². The Morgan fingerprint density at radius 1 is 1.00 bits per heavy atom. The number of hydrogen-bond donors (Lipinski definition) is 1. The zero-order chi connectivity index (χ0) is 5.21. The minimum Gasteiger partial charge on any atom is -0.410 e. The van der Waals surface area contributed by atoms with E-state index in [-0.39, 0.29) is 105 Å². The van der Waals surface area contributed by atoms with Crippen LogP contribution in [-0.2, 0) is 98.1 Å². The molecule has 1 N–H and O–H groups in total. The van der Waals surface area contributed by atoms with Gasteiger partial charge in [-0.15, -0.1) is 0 Å². The molecular formula is C5H9OY3-3. The van der Waals surface area contributed by atoms with Crippen molar-refractivity contribution in [3.63, 3.8) is 0 Å². The fourth-order valence-electron chi connectivity index (χ4n) is 0. The standard InChI is InChI=1S/C5H9O.3Y/c1-5(2,3)4-6;;;/h6H,1-4H2;;;/q-3;;;. The Hall–Kier alpha value is 3.27. The number of rotatable bonds is 1. The van der Waals surface area contributed by atoms with E-state index in [0.717, 1.165) is 0 Å². The van der Waals surface area contributed by atoms with Gasteiger partial charge in [-0.1, -0.05) is 0 Å². The van der Waals surface area contributed by atoms with Crippen molar-refractivity contribution in [1.29, 1.82) is 0 Å². The molecule has 0 aliphatic heterocycles. The molecule has 0 aliphatic carbocycles. The van der Waals surface area contributed by atoms with Crippen molar-refractivity contribution >= 4 is 0 Å². The van der Waals surface area contributed by atoms with Crippen molar-refractivity contribution in [2.75, 3.05) is 6.61 Å². The second kappa shape index (κ2) is 11.3. The van der Waals surface area contributed by atoms with Crippen molar-refractivity contribution < 1.29 is 103 Å². The second-order valence-electron chi connectivity index (χ2n) is 1.66. The molecule has 0 aromatic heterocycles. The molecule has 0 saturated carbocycles. The molecule has 0 aromatic rings. The van der Waals surface area contributed by atoms with E-state index in [2.05, 4.69) is 20.8 Å². The van der Waals surface area contributed by atoms with E-state index in [1.807, 2.05) is 0 Å². The van der Waals surface area contributed by atoms with Crippen LogP contribution in [0.15, 0.2) is 0 Å². The van der Waals surface area contributed by atoms with Crippen molar-refractivity contribution in [2.45, 2.75) is 0 Å². The predicted molar refractivity (Wildman–Crippen MR) is 25.6 cm³/mol. The Labute approximate surface area is 133 Å². The molecule has 0 rings (SSSR count). The molecule has 0 bridgehead atoms. The Kier molecular flexibility index (Phi) is 28.5. The first-order valence-corrected chi connectivity index (χ1v) is 1.73. The van der Waals surface area contributed by atoms with Crippen molar-refractivity contribution in [2.24, 2.45) is 5.41 Å². The van der Waals surface area contributed by atoms with Crippen LogP contribution in [0.5, 0.6) is 0 Å². The van der Waals surface area contributed by atoms with Crippen molar-refractivity contribution in [1.82, 2.24) is 0 Å². The second-order valence-corrected chi connectivity index (χ2v) is 1.66. The van der Waals surface area contributed by atoms with Crippen LogP contribution >= 0.6 is 0 Å². The van der Waals surface area contributed by atoms with Gasteiger partial charge in [0.05, 0.1) is 0 Å². The maximum absolute atomic E-state index is 8.22. The van der Waals surface area contributed by atoms with E-state index in [1.165, 1.54) is 0 Å². The van der Waals surface area contributed by atoms with Gasteiger partial charge in [-0.05, 0) is 6.61 Å². The van der Waals surface area contributed by atoms with Gasteiger partial charge in [-0.25, -0.2) is 0 Å². The molecule has 3 radical (unpaired) electrons. The zero-order valence-electron chi connectivity index (χ0n) is 5.51. The maximum atomic E-state index is 8.22. The molecule has 0 unspecified atom stereocenters. The topological polar surface area (TPSA) is 20.2 Å². The first kappa shape index (κ1) is 22.8. The third-order valence-electron chi connectivity index (χ3n) is 0.335. The van der Waals surface area contributed by atoms with E-state index in [9.17, 15) is 0 Å². The minimum absolute atomic E-state index is 0. The third kappa shape index (κ3) is 24.6.